The predicted molar refractivity (Wildman–Crippen MR) is 67.9 cm³/mol. The van der Waals surface area contributed by atoms with Crippen LogP contribution in [0.2, 0.25) is 0 Å². The molecule has 1 aliphatic heterocycles. The van der Waals surface area contributed by atoms with Crippen LogP contribution in [0.4, 0.5) is 0 Å². The van der Waals surface area contributed by atoms with Crippen LogP contribution in [0.25, 0.3) is 0 Å². The van der Waals surface area contributed by atoms with E-state index >= 15 is 0 Å². The zero-order chi connectivity index (χ0) is 13.2. The van der Waals surface area contributed by atoms with Crippen molar-refractivity contribution in [3.63, 3.8) is 0 Å². The Kier molecular flexibility index (Phi) is 3.57. The molecule has 5 heteroatoms. The Morgan fingerprint density at radius 1 is 1.53 bits per heavy atom. The first kappa shape index (κ1) is 12.7. The first-order valence-corrected chi connectivity index (χ1v) is 6.87. The molecular formula is C14H19NO4. The quantitative estimate of drug-likeness (QED) is 0.834. The zero-order valence-corrected chi connectivity index (χ0v) is 11.1. The number of ether oxygens (including phenoxy) is 2. The average molecular weight is 265 g/mol. The standard InChI is InChI=1S/C14H19NO4/c1-2-18-12-4-3-11-13(12)19-8-6-15(11)14(16)10-5-7-17-9-10/h5,7,9,11-13H,2-4,6,8H2,1H3/t11-,12+,13+/m0/s1. The number of hydrogen-bond acceptors (Lipinski definition) is 4. The van der Waals surface area contributed by atoms with Crippen molar-refractivity contribution in [2.24, 2.45) is 0 Å². The first-order valence-electron chi connectivity index (χ1n) is 6.87. The van der Waals surface area contributed by atoms with Gasteiger partial charge in [0.15, 0.2) is 0 Å². The summed E-state index contributed by atoms with van der Waals surface area (Å²) in [6, 6.07) is 1.84. The number of amides is 1. The van der Waals surface area contributed by atoms with Gasteiger partial charge in [-0.1, -0.05) is 0 Å². The summed E-state index contributed by atoms with van der Waals surface area (Å²) < 4.78 is 16.5. The van der Waals surface area contributed by atoms with Crippen LogP contribution >= 0.6 is 0 Å². The summed E-state index contributed by atoms with van der Waals surface area (Å²) in [5.41, 5.74) is 0.612. The lowest BCUT2D eigenvalue weighted by atomic mass is 10.1. The van der Waals surface area contributed by atoms with Crippen molar-refractivity contribution in [3.05, 3.63) is 24.2 Å². The van der Waals surface area contributed by atoms with Gasteiger partial charge in [0.1, 0.15) is 12.4 Å². The number of carbonyl (C=O) groups excluding carboxylic acids is 1. The molecule has 0 aromatic carbocycles. The van der Waals surface area contributed by atoms with Crippen molar-refractivity contribution in [3.8, 4) is 0 Å². The van der Waals surface area contributed by atoms with Crippen molar-refractivity contribution in [1.29, 1.82) is 0 Å². The van der Waals surface area contributed by atoms with Gasteiger partial charge in [-0.2, -0.15) is 0 Å². The van der Waals surface area contributed by atoms with Crippen molar-refractivity contribution in [2.75, 3.05) is 19.8 Å². The lowest BCUT2D eigenvalue weighted by Crippen LogP contribution is -2.53. The van der Waals surface area contributed by atoms with Gasteiger partial charge >= 0.3 is 0 Å². The Bertz CT molecular complexity index is 431. The van der Waals surface area contributed by atoms with Crippen LogP contribution in [-0.2, 0) is 9.47 Å². The highest BCUT2D eigenvalue weighted by atomic mass is 16.5. The number of rotatable bonds is 3. The van der Waals surface area contributed by atoms with E-state index in [1.807, 2.05) is 11.8 Å². The summed E-state index contributed by atoms with van der Waals surface area (Å²) in [6.07, 6.45) is 5.07. The molecule has 1 aromatic heterocycles. The van der Waals surface area contributed by atoms with Gasteiger partial charge in [-0.15, -0.1) is 0 Å². The second kappa shape index (κ2) is 5.35. The van der Waals surface area contributed by atoms with Crippen LogP contribution < -0.4 is 0 Å². The fourth-order valence-electron chi connectivity index (χ4n) is 3.11. The molecule has 1 saturated heterocycles. The summed E-state index contributed by atoms with van der Waals surface area (Å²) in [5.74, 6) is 0.0317. The van der Waals surface area contributed by atoms with E-state index in [0.717, 1.165) is 12.8 Å². The largest absolute Gasteiger partial charge is 0.472 e. The molecule has 1 saturated carbocycles. The van der Waals surface area contributed by atoms with E-state index in [0.29, 0.717) is 25.3 Å². The Morgan fingerprint density at radius 3 is 3.16 bits per heavy atom. The molecule has 0 radical (unpaired) electrons. The topological polar surface area (TPSA) is 51.9 Å². The lowest BCUT2D eigenvalue weighted by molar-refractivity contribution is -0.102. The van der Waals surface area contributed by atoms with Crippen LogP contribution in [0.3, 0.4) is 0 Å². The van der Waals surface area contributed by atoms with Crippen LogP contribution in [0.1, 0.15) is 30.1 Å². The number of nitrogens with zero attached hydrogens (tertiary/aromatic N) is 1. The molecule has 1 amide bonds. The second-order valence-corrected chi connectivity index (χ2v) is 4.98. The third kappa shape index (κ3) is 2.28. The van der Waals surface area contributed by atoms with E-state index in [4.69, 9.17) is 13.9 Å². The van der Waals surface area contributed by atoms with Gasteiger partial charge < -0.3 is 18.8 Å². The van der Waals surface area contributed by atoms with Crippen LogP contribution in [0.15, 0.2) is 23.0 Å². The number of carbonyl (C=O) groups is 1. The van der Waals surface area contributed by atoms with Crippen LogP contribution in [0, 0.1) is 0 Å². The number of fused-ring (bicyclic) bond motifs is 1. The van der Waals surface area contributed by atoms with E-state index in [1.54, 1.807) is 6.07 Å². The SMILES string of the molecule is CCO[C@@H]1CC[C@H]2[C@H]1OCCN2C(=O)c1ccoc1. The highest BCUT2D eigenvalue weighted by Gasteiger charge is 2.45. The molecule has 2 heterocycles. The van der Waals surface area contributed by atoms with Crippen LogP contribution in [0.5, 0.6) is 0 Å². The van der Waals surface area contributed by atoms with E-state index in [2.05, 4.69) is 0 Å². The van der Waals surface area contributed by atoms with Crippen molar-refractivity contribution < 1.29 is 18.7 Å². The van der Waals surface area contributed by atoms with E-state index in [-0.39, 0.29) is 24.2 Å². The molecule has 0 spiro atoms. The second-order valence-electron chi connectivity index (χ2n) is 4.98. The maximum Gasteiger partial charge on any atom is 0.257 e. The summed E-state index contributed by atoms with van der Waals surface area (Å²) in [7, 11) is 0. The molecule has 19 heavy (non-hydrogen) atoms. The Hall–Kier alpha value is -1.33. The minimum absolute atomic E-state index is 0.0181. The minimum Gasteiger partial charge on any atom is -0.472 e. The zero-order valence-electron chi connectivity index (χ0n) is 11.1. The fourth-order valence-corrected chi connectivity index (χ4v) is 3.11. The first-order chi connectivity index (χ1) is 9.31. The molecule has 104 valence electrons. The monoisotopic (exact) mass is 265 g/mol. The summed E-state index contributed by atoms with van der Waals surface area (Å²) >= 11 is 0. The summed E-state index contributed by atoms with van der Waals surface area (Å²) in [6.45, 7) is 3.90. The van der Waals surface area contributed by atoms with Crippen molar-refractivity contribution in [2.45, 2.75) is 38.0 Å². The smallest absolute Gasteiger partial charge is 0.257 e. The van der Waals surface area contributed by atoms with Crippen LogP contribution in [-0.4, -0.2) is 48.8 Å². The minimum atomic E-state index is 0.0181. The van der Waals surface area contributed by atoms with Gasteiger partial charge in [0.25, 0.3) is 5.91 Å². The van der Waals surface area contributed by atoms with E-state index in [9.17, 15) is 4.79 Å². The lowest BCUT2D eigenvalue weighted by Gasteiger charge is -2.38. The van der Waals surface area contributed by atoms with E-state index < -0.39 is 0 Å². The van der Waals surface area contributed by atoms with Gasteiger partial charge in [-0.25, -0.2) is 0 Å². The molecule has 0 N–H and O–H groups in total. The molecule has 5 nitrogen and oxygen atoms in total. The third-order valence-corrected chi connectivity index (χ3v) is 3.95. The van der Waals surface area contributed by atoms with Gasteiger partial charge in [0.05, 0.1) is 30.6 Å². The molecule has 0 bridgehead atoms. The number of furan rings is 1. The molecular weight excluding hydrogens is 246 g/mol. The average Bonchev–Trinajstić information content (AvgIpc) is 3.08. The van der Waals surface area contributed by atoms with Crippen molar-refractivity contribution in [1.82, 2.24) is 4.90 Å². The summed E-state index contributed by atoms with van der Waals surface area (Å²) in [4.78, 5) is 14.4. The number of morpholine rings is 1. The predicted octanol–water partition coefficient (Wildman–Crippen LogP) is 1.69. The molecule has 3 rings (SSSR count). The Balaban J connectivity index is 1.75. The van der Waals surface area contributed by atoms with E-state index in [1.165, 1.54) is 12.5 Å². The van der Waals surface area contributed by atoms with Gasteiger partial charge in [-0.05, 0) is 25.8 Å². The van der Waals surface area contributed by atoms with Crippen molar-refractivity contribution >= 4 is 5.91 Å². The fraction of sp³-hybridized carbons (Fsp3) is 0.643. The Morgan fingerprint density at radius 2 is 2.42 bits per heavy atom. The molecule has 1 aromatic rings. The molecule has 0 unspecified atom stereocenters. The normalized spacial score (nSPS) is 30.4. The third-order valence-electron chi connectivity index (χ3n) is 3.95. The molecule has 3 atom stereocenters. The molecule has 1 aliphatic carbocycles. The molecule has 2 aliphatic rings. The maximum atomic E-state index is 12.4. The van der Waals surface area contributed by atoms with Gasteiger partial charge in [0, 0.05) is 13.2 Å². The molecule has 2 fully saturated rings. The maximum absolute atomic E-state index is 12.4. The number of hydrogen-bond donors (Lipinski definition) is 0. The van der Waals surface area contributed by atoms with Gasteiger partial charge in [0.2, 0.25) is 0 Å². The van der Waals surface area contributed by atoms with Gasteiger partial charge in [-0.3, -0.25) is 4.79 Å². The highest BCUT2D eigenvalue weighted by Crippen LogP contribution is 2.32. The highest BCUT2D eigenvalue weighted by molar-refractivity contribution is 5.94. The summed E-state index contributed by atoms with van der Waals surface area (Å²) in [5, 5.41) is 0. The Labute approximate surface area is 112 Å².